The molecule has 62 valence electrons. The first-order valence-electron chi connectivity index (χ1n) is 3.33. The van der Waals surface area contributed by atoms with Gasteiger partial charge < -0.3 is 0 Å². The van der Waals surface area contributed by atoms with Gasteiger partial charge in [-0.1, -0.05) is 5.21 Å². The second kappa shape index (κ2) is 2.23. The van der Waals surface area contributed by atoms with Crippen LogP contribution < -0.4 is 0 Å². The second-order valence-electron chi connectivity index (χ2n) is 2.44. The maximum absolute atomic E-state index is 13.0. The molecule has 2 aromatic rings. The van der Waals surface area contributed by atoms with E-state index in [1.165, 1.54) is 11.7 Å². The van der Waals surface area contributed by atoms with Crippen molar-refractivity contribution in [3.63, 3.8) is 0 Å². The highest BCUT2D eigenvalue weighted by atomic mass is 19.1. The Balaban J connectivity index is 2.98. The third-order valence-electron chi connectivity index (χ3n) is 1.66. The molecule has 0 saturated carbocycles. The Morgan fingerprint density at radius 3 is 2.58 bits per heavy atom. The molecule has 0 fully saturated rings. The molecule has 0 bridgehead atoms. The molecule has 0 saturated heterocycles. The summed E-state index contributed by atoms with van der Waals surface area (Å²) in [5.41, 5.74) is 0.0625. The Kier molecular flexibility index (Phi) is 1.33. The van der Waals surface area contributed by atoms with E-state index in [4.69, 9.17) is 0 Å². The Hall–Kier alpha value is -1.52. The molecule has 0 radical (unpaired) electrons. The van der Waals surface area contributed by atoms with Gasteiger partial charge in [0.05, 0.1) is 0 Å². The molecule has 0 aliphatic carbocycles. The number of aromatic nitrogens is 3. The standard InChI is InChI=1S/C7H5F2N3/c1-12-7-5(9)3-2-4(8)6(7)10-11-12/h2-3H,1H3. The number of hydrogen-bond donors (Lipinski definition) is 0. The zero-order valence-corrected chi connectivity index (χ0v) is 6.25. The van der Waals surface area contributed by atoms with Crippen molar-refractivity contribution < 1.29 is 8.78 Å². The van der Waals surface area contributed by atoms with Gasteiger partial charge in [-0.2, -0.15) is 0 Å². The molecule has 0 atom stereocenters. The molecule has 2 rings (SSSR count). The summed E-state index contributed by atoms with van der Waals surface area (Å²) in [6.45, 7) is 0. The molecular weight excluding hydrogens is 164 g/mol. The van der Waals surface area contributed by atoms with Crippen LogP contribution in [0.15, 0.2) is 12.1 Å². The van der Waals surface area contributed by atoms with Crippen LogP contribution in [0, 0.1) is 11.6 Å². The van der Waals surface area contributed by atoms with Gasteiger partial charge in [-0.25, -0.2) is 13.5 Å². The molecule has 0 spiro atoms. The number of nitrogens with zero attached hydrogens (tertiary/aromatic N) is 3. The van der Waals surface area contributed by atoms with Gasteiger partial charge in [-0.3, -0.25) is 0 Å². The molecule has 12 heavy (non-hydrogen) atoms. The minimum Gasteiger partial charge on any atom is -0.245 e. The van der Waals surface area contributed by atoms with Gasteiger partial charge in [0.25, 0.3) is 0 Å². The molecule has 1 heterocycles. The van der Waals surface area contributed by atoms with Gasteiger partial charge in [0.15, 0.2) is 17.2 Å². The van der Waals surface area contributed by atoms with Crippen molar-refractivity contribution in [2.45, 2.75) is 0 Å². The zero-order chi connectivity index (χ0) is 8.72. The lowest BCUT2D eigenvalue weighted by molar-refractivity contribution is 0.610. The van der Waals surface area contributed by atoms with E-state index in [2.05, 4.69) is 10.3 Å². The predicted molar refractivity (Wildman–Crippen MR) is 38.4 cm³/mol. The number of fused-ring (bicyclic) bond motifs is 1. The number of aryl methyl sites for hydroxylation is 1. The van der Waals surface area contributed by atoms with E-state index >= 15 is 0 Å². The molecule has 0 aliphatic rings. The van der Waals surface area contributed by atoms with Crippen LogP contribution in [0.4, 0.5) is 8.78 Å². The van der Waals surface area contributed by atoms with E-state index in [0.717, 1.165) is 12.1 Å². The first kappa shape index (κ1) is 7.15. The van der Waals surface area contributed by atoms with Gasteiger partial charge in [0.1, 0.15) is 5.52 Å². The topological polar surface area (TPSA) is 30.7 Å². The summed E-state index contributed by atoms with van der Waals surface area (Å²) in [6.07, 6.45) is 0. The minimum absolute atomic E-state index is 0.0301. The molecule has 3 nitrogen and oxygen atoms in total. The van der Waals surface area contributed by atoms with Gasteiger partial charge in [0, 0.05) is 7.05 Å². The third kappa shape index (κ3) is 0.792. The first-order chi connectivity index (χ1) is 5.70. The van der Waals surface area contributed by atoms with Gasteiger partial charge in [-0.05, 0) is 12.1 Å². The van der Waals surface area contributed by atoms with Gasteiger partial charge >= 0.3 is 0 Å². The molecule has 0 amide bonds. The Morgan fingerprint density at radius 2 is 1.92 bits per heavy atom. The molecule has 0 aliphatic heterocycles. The average Bonchev–Trinajstić information content (AvgIpc) is 2.42. The van der Waals surface area contributed by atoms with E-state index in [0.29, 0.717) is 0 Å². The van der Waals surface area contributed by atoms with E-state index in [1.807, 2.05) is 0 Å². The van der Waals surface area contributed by atoms with Crippen LogP contribution in [0.1, 0.15) is 0 Å². The zero-order valence-electron chi connectivity index (χ0n) is 6.25. The minimum atomic E-state index is -0.556. The van der Waals surface area contributed by atoms with Crippen LogP contribution in [0.2, 0.25) is 0 Å². The first-order valence-corrected chi connectivity index (χ1v) is 3.33. The van der Waals surface area contributed by atoms with E-state index in [1.54, 1.807) is 0 Å². The van der Waals surface area contributed by atoms with E-state index < -0.39 is 11.6 Å². The van der Waals surface area contributed by atoms with Crippen LogP contribution >= 0.6 is 0 Å². The van der Waals surface area contributed by atoms with Crippen LogP contribution in [-0.4, -0.2) is 15.0 Å². The SMILES string of the molecule is Cn1nnc2c(F)ccc(F)c21. The quantitative estimate of drug-likeness (QED) is 0.594. The molecule has 1 aromatic heterocycles. The fourth-order valence-electron chi connectivity index (χ4n) is 1.09. The average molecular weight is 169 g/mol. The normalized spacial score (nSPS) is 10.9. The van der Waals surface area contributed by atoms with Crippen molar-refractivity contribution in [2.24, 2.45) is 7.05 Å². The van der Waals surface area contributed by atoms with Crippen molar-refractivity contribution in [1.29, 1.82) is 0 Å². The fourth-order valence-corrected chi connectivity index (χ4v) is 1.09. The molecular formula is C7H5F2N3. The monoisotopic (exact) mass is 169 g/mol. The lowest BCUT2D eigenvalue weighted by atomic mass is 10.3. The summed E-state index contributed by atoms with van der Waals surface area (Å²) in [5, 5.41) is 6.98. The summed E-state index contributed by atoms with van der Waals surface area (Å²) in [6, 6.07) is 2.09. The highest BCUT2D eigenvalue weighted by molar-refractivity contribution is 5.75. The van der Waals surface area contributed by atoms with Crippen molar-refractivity contribution >= 4 is 11.0 Å². The third-order valence-corrected chi connectivity index (χ3v) is 1.66. The van der Waals surface area contributed by atoms with Gasteiger partial charge in [-0.15, -0.1) is 5.10 Å². The Morgan fingerprint density at radius 1 is 1.25 bits per heavy atom. The largest absolute Gasteiger partial charge is 0.245 e. The van der Waals surface area contributed by atoms with Crippen molar-refractivity contribution in [2.75, 3.05) is 0 Å². The highest BCUT2D eigenvalue weighted by Gasteiger charge is 2.10. The maximum Gasteiger partial charge on any atom is 0.153 e. The van der Waals surface area contributed by atoms with Gasteiger partial charge in [0.2, 0.25) is 0 Å². The number of rotatable bonds is 0. The van der Waals surface area contributed by atoms with Crippen LogP contribution in [0.25, 0.3) is 11.0 Å². The van der Waals surface area contributed by atoms with Crippen LogP contribution in [0.3, 0.4) is 0 Å². The summed E-state index contributed by atoms with van der Waals surface area (Å²) < 4.78 is 27.1. The molecule has 0 N–H and O–H groups in total. The summed E-state index contributed by atoms with van der Waals surface area (Å²) in [4.78, 5) is 0. The Labute approximate surface area is 66.6 Å². The maximum atomic E-state index is 13.0. The lowest BCUT2D eigenvalue weighted by Gasteiger charge is -1.93. The molecule has 0 unspecified atom stereocenters. The predicted octanol–water partition coefficient (Wildman–Crippen LogP) is 1.25. The summed E-state index contributed by atoms with van der Waals surface area (Å²) in [7, 11) is 1.51. The second-order valence-corrected chi connectivity index (χ2v) is 2.44. The Bertz CT molecular complexity index is 435. The number of halogens is 2. The van der Waals surface area contributed by atoms with Crippen molar-refractivity contribution in [1.82, 2.24) is 15.0 Å². The van der Waals surface area contributed by atoms with Crippen LogP contribution in [0.5, 0.6) is 0 Å². The van der Waals surface area contributed by atoms with Crippen LogP contribution in [-0.2, 0) is 7.05 Å². The summed E-state index contributed by atoms with van der Waals surface area (Å²) in [5.74, 6) is -1.07. The smallest absolute Gasteiger partial charge is 0.153 e. The van der Waals surface area contributed by atoms with E-state index in [-0.39, 0.29) is 11.0 Å². The highest BCUT2D eigenvalue weighted by Crippen LogP contribution is 2.16. The van der Waals surface area contributed by atoms with Crippen molar-refractivity contribution in [3.05, 3.63) is 23.8 Å². The molecule has 5 heteroatoms. The lowest BCUT2D eigenvalue weighted by Crippen LogP contribution is -1.92. The number of hydrogen-bond acceptors (Lipinski definition) is 2. The summed E-state index contributed by atoms with van der Waals surface area (Å²) >= 11 is 0. The molecule has 1 aromatic carbocycles. The van der Waals surface area contributed by atoms with E-state index in [9.17, 15) is 8.78 Å². The van der Waals surface area contributed by atoms with Crippen molar-refractivity contribution in [3.8, 4) is 0 Å². The fraction of sp³-hybridized carbons (Fsp3) is 0.143. The number of benzene rings is 1.